The molecule has 1 heterocycles. The SMILES string of the molecule is CC(C)(C)OC(=O)NCC(=CF)Cn1ncc(-c2ccc(O)cc2)n1. The summed E-state index contributed by atoms with van der Waals surface area (Å²) in [5.41, 5.74) is 1.05. The molecule has 25 heavy (non-hydrogen) atoms. The molecule has 0 unspecified atom stereocenters. The van der Waals surface area contributed by atoms with Gasteiger partial charge < -0.3 is 15.2 Å². The van der Waals surface area contributed by atoms with Crippen LogP contribution >= 0.6 is 0 Å². The summed E-state index contributed by atoms with van der Waals surface area (Å²) in [5.74, 6) is 0.159. The highest BCUT2D eigenvalue weighted by Crippen LogP contribution is 2.19. The lowest BCUT2D eigenvalue weighted by atomic mass is 10.2. The Labute approximate surface area is 145 Å². The first-order valence-electron chi connectivity index (χ1n) is 7.71. The topological polar surface area (TPSA) is 89.3 Å². The van der Waals surface area contributed by atoms with Gasteiger partial charge in [-0.3, -0.25) is 0 Å². The molecule has 2 aromatic rings. The van der Waals surface area contributed by atoms with Crippen molar-refractivity contribution in [1.82, 2.24) is 20.3 Å². The Hall–Kier alpha value is -2.90. The molecule has 0 saturated carbocycles. The van der Waals surface area contributed by atoms with Crippen LogP contribution in [0.3, 0.4) is 0 Å². The number of rotatable bonds is 5. The molecule has 1 aromatic carbocycles. The molecule has 1 amide bonds. The summed E-state index contributed by atoms with van der Waals surface area (Å²) in [6.07, 6.45) is 1.34. The lowest BCUT2D eigenvalue weighted by Crippen LogP contribution is -2.34. The first kappa shape index (κ1) is 18.4. The molecule has 0 radical (unpaired) electrons. The number of ether oxygens (including phenoxy) is 1. The highest BCUT2D eigenvalue weighted by molar-refractivity contribution is 5.68. The third kappa shape index (κ3) is 5.91. The van der Waals surface area contributed by atoms with Crippen LogP contribution in [0.25, 0.3) is 11.3 Å². The van der Waals surface area contributed by atoms with Gasteiger partial charge in [-0.2, -0.15) is 15.0 Å². The number of nitrogens with one attached hydrogen (secondary N) is 1. The van der Waals surface area contributed by atoms with Crippen molar-refractivity contribution in [3.63, 3.8) is 0 Å². The van der Waals surface area contributed by atoms with E-state index in [0.29, 0.717) is 17.6 Å². The van der Waals surface area contributed by atoms with E-state index in [1.807, 2.05) is 0 Å². The van der Waals surface area contributed by atoms with Crippen LogP contribution in [0.15, 0.2) is 42.4 Å². The number of hydrogen-bond acceptors (Lipinski definition) is 5. The minimum absolute atomic E-state index is 0.0124. The number of carbonyl (C=O) groups excluding carboxylic acids is 1. The van der Waals surface area contributed by atoms with E-state index in [-0.39, 0.29) is 18.8 Å². The molecule has 0 spiro atoms. The number of benzene rings is 1. The van der Waals surface area contributed by atoms with Crippen molar-refractivity contribution < 1.29 is 19.0 Å². The summed E-state index contributed by atoms with van der Waals surface area (Å²) in [6, 6.07) is 6.51. The van der Waals surface area contributed by atoms with E-state index in [1.54, 1.807) is 51.2 Å². The van der Waals surface area contributed by atoms with Gasteiger partial charge in [0.15, 0.2) is 0 Å². The summed E-state index contributed by atoms with van der Waals surface area (Å²) >= 11 is 0. The van der Waals surface area contributed by atoms with E-state index in [2.05, 4.69) is 15.5 Å². The molecule has 0 saturated heterocycles. The molecule has 8 heteroatoms. The molecule has 0 atom stereocenters. The molecule has 0 aliphatic heterocycles. The molecule has 7 nitrogen and oxygen atoms in total. The minimum atomic E-state index is -0.620. The zero-order valence-corrected chi connectivity index (χ0v) is 14.4. The summed E-state index contributed by atoms with van der Waals surface area (Å²) in [7, 11) is 0. The number of carbonyl (C=O) groups is 1. The molecular weight excluding hydrogens is 327 g/mol. The number of aromatic hydroxyl groups is 1. The molecule has 0 bridgehead atoms. The third-order valence-corrected chi connectivity index (χ3v) is 3.06. The second kappa shape index (κ2) is 7.78. The second-order valence-corrected chi connectivity index (χ2v) is 6.43. The smallest absolute Gasteiger partial charge is 0.407 e. The number of phenols is 1. The molecule has 2 rings (SSSR count). The highest BCUT2D eigenvalue weighted by Gasteiger charge is 2.16. The van der Waals surface area contributed by atoms with Crippen molar-refractivity contribution in [2.24, 2.45) is 0 Å². The zero-order chi connectivity index (χ0) is 18.4. The Balaban J connectivity index is 1.94. The van der Waals surface area contributed by atoms with Gasteiger partial charge in [0.2, 0.25) is 0 Å². The predicted molar refractivity (Wildman–Crippen MR) is 90.6 cm³/mol. The van der Waals surface area contributed by atoms with Crippen molar-refractivity contribution in [1.29, 1.82) is 0 Å². The molecular formula is C17H21FN4O3. The molecule has 1 aromatic heterocycles. The van der Waals surface area contributed by atoms with E-state index in [9.17, 15) is 14.3 Å². The fraction of sp³-hybridized carbons (Fsp3) is 0.353. The predicted octanol–water partition coefficient (Wildman–Crippen LogP) is 3.03. The number of alkyl carbamates (subject to hydrolysis) is 1. The van der Waals surface area contributed by atoms with Gasteiger partial charge in [-0.25, -0.2) is 9.18 Å². The van der Waals surface area contributed by atoms with Crippen LogP contribution in [0.5, 0.6) is 5.75 Å². The van der Waals surface area contributed by atoms with Gasteiger partial charge in [0.05, 0.1) is 19.1 Å². The van der Waals surface area contributed by atoms with E-state index >= 15 is 0 Å². The van der Waals surface area contributed by atoms with Crippen molar-refractivity contribution in [2.75, 3.05) is 6.54 Å². The Bertz CT molecular complexity index is 748. The summed E-state index contributed by atoms with van der Waals surface area (Å²) in [4.78, 5) is 12.9. The fourth-order valence-electron chi connectivity index (χ4n) is 1.95. The van der Waals surface area contributed by atoms with Crippen LogP contribution in [0.2, 0.25) is 0 Å². The van der Waals surface area contributed by atoms with E-state index in [4.69, 9.17) is 4.74 Å². The molecule has 0 aliphatic carbocycles. The van der Waals surface area contributed by atoms with Crippen LogP contribution in [0.4, 0.5) is 9.18 Å². The Morgan fingerprint density at radius 1 is 1.36 bits per heavy atom. The van der Waals surface area contributed by atoms with Crippen LogP contribution in [-0.4, -0.2) is 38.3 Å². The largest absolute Gasteiger partial charge is 0.508 e. The number of halogens is 1. The van der Waals surface area contributed by atoms with Crippen molar-refractivity contribution >= 4 is 6.09 Å². The Kier molecular flexibility index (Phi) is 5.74. The number of phenolic OH excluding ortho intramolecular Hbond substituents is 1. The summed E-state index contributed by atoms with van der Waals surface area (Å²) in [6.45, 7) is 5.32. The number of amides is 1. The summed E-state index contributed by atoms with van der Waals surface area (Å²) in [5, 5.41) is 20.1. The zero-order valence-electron chi connectivity index (χ0n) is 14.4. The summed E-state index contributed by atoms with van der Waals surface area (Å²) < 4.78 is 18.2. The van der Waals surface area contributed by atoms with Crippen molar-refractivity contribution in [3.05, 3.63) is 42.4 Å². The second-order valence-electron chi connectivity index (χ2n) is 6.43. The number of nitrogens with zero attached hydrogens (tertiary/aromatic N) is 3. The van der Waals surface area contributed by atoms with Gasteiger partial charge in [0, 0.05) is 17.7 Å². The maximum atomic E-state index is 13.1. The maximum Gasteiger partial charge on any atom is 0.407 e. The van der Waals surface area contributed by atoms with Crippen LogP contribution < -0.4 is 5.32 Å². The Morgan fingerprint density at radius 3 is 2.64 bits per heavy atom. The van der Waals surface area contributed by atoms with Gasteiger partial charge in [-0.05, 0) is 45.0 Å². The van der Waals surface area contributed by atoms with E-state index in [0.717, 1.165) is 5.56 Å². The average Bonchev–Trinajstić information content (AvgIpc) is 2.99. The first-order chi connectivity index (χ1) is 11.8. The normalized spacial score (nSPS) is 12.1. The quantitative estimate of drug-likeness (QED) is 0.867. The first-order valence-corrected chi connectivity index (χ1v) is 7.71. The van der Waals surface area contributed by atoms with Crippen molar-refractivity contribution in [2.45, 2.75) is 32.9 Å². The maximum absolute atomic E-state index is 13.1. The van der Waals surface area contributed by atoms with Gasteiger partial charge in [0.25, 0.3) is 0 Å². The number of aromatic nitrogens is 3. The minimum Gasteiger partial charge on any atom is -0.508 e. The monoisotopic (exact) mass is 348 g/mol. The Morgan fingerprint density at radius 2 is 2.04 bits per heavy atom. The number of hydrogen-bond donors (Lipinski definition) is 2. The highest BCUT2D eigenvalue weighted by atomic mass is 19.1. The van der Waals surface area contributed by atoms with Crippen LogP contribution in [-0.2, 0) is 11.3 Å². The third-order valence-electron chi connectivity index (χ3n) is 3.06. The average molecular weight is 348 g/mol. The van der Waals surface area contributed by atoms with E-state index < -0.39 is 11.7 Å². The standard InChI is InChI=1S/C17H21FN4O3/c1-17(2,3)25-16(24)19-9-12(8-18)11-22-20-10-15(21-22)13-4-6-14(23)7-5-13/h4-8,10,23H,9,11H2,1-3H3,(H,19,24). The van der Waals surface area contributed by atoms with E-state index in [1.165, 1.54) is 4.80 Å². The van der Waals surface area contributed by atoms with Crippen LogP contribution in [0, 0.1) is 0 Å². The lowest BCUT2D eigenvalue weighted by Gasteiger charge is -2.19. The van der Waals surface area contributed by atoms with Crippen molar-refractivity contribution in [3.8, 4) is 17.0 Å². The fourth-order valence-corrected chi connectivity index (χ4v) is 1.95. The van der Waals surface area contributed by atoms with Gasteiger partial charge in [-0.1, -0.05) is 0 Å². The van der Waals surface area contributed by atoms with Gasteiger partial charge in [-0.15, -0.1) is 0 Å². The van der Waals surface area contributed by atoms with Gasteiger partial charge >= 0.3 is 6.09 Å². The molecule has 134 valence electrons. The van der Waals surface area contributed by atoms with Gasteiger partial charge in [0.1, 0.15) is 17.0 Å². The molecule has 2 N–H and O–H groups in total. The lowest BCUT2D eigenvalue weighted by molar-refractivity contribution is 0.0532. The molecule has 0 aliphatic rings. The van der Waals surface area contributed by atoms with Crippen LogP contribution in [0.1, 0.15) is 20.8 Å². The molecule has 0 fully saturated rings.